The first kappa shape index (κ1) is 18.8. The molecule has 0 amide bonds. The van der Waals surface area contributed by atoms with Gasteiger partial charge in [0.2, 0.25) is 0 Å². The van der Waals surface area contributed by atoms with Gasteiger partial charge in [-0.15, -0.1) is 0 Å². The number of phenols is 1. The van der Waals surface area contributed by atoms with Crippen LogP contribution in [0.4, 0.5) is 0 Å². The third kappa shape index (κ3) is 3.35. The van der Waals surface area contributed by atoms with Crippen molar-refractivity contribution in [2.24, 2.45) is 0 Å². The number of fused-ring (bicyclic) bond motifs is 2. The molecule has 1 heterocycles. The van der Waals surface area contributed by atoms with Crippen LogP contribution in [0.2, 0.25) is 0 Å². The van der Waals surface area contributed by atoms with Crippen molar-refractivity contribution in [3.8, 4) is 17.2 Å². The molecule has 0 aliphatic carbocycles. The van der Waals surface area contributed by atoms with E-state index in [-0.39, 0.29) is 5.75 Å². The van der Waals surface area contributed by atoms with Crippen molar-refractivity contribution in [3.05, 3.63) is 107 Å². The summed E-state index contributed by atoms with van der Waals surface area (Å²) in [4.78, 5) is 4.27. The zero-order valence-corrected chi connectivity index (χ0v) is 18.0. The Labute approximate surface area is 180 Å². The number of benzene rings is 4. The minimum absolute atomic E-state index is 0.239. The van der Waals surface area contributed by atoms with Gasteiger partial charge in [-0.25, -0.2) is 0 Å². The molecule has 0 fully saturated rings. The Morgan fingerprint density at radius 1 is 0.733 bits per heavy atom. The van der Waals surface area contributed by atoms with Crippen LogP contribution in [0.1, 0.15) is 22.3 Å². The minimum Gasteiger partial charge on any atom is -0.508 e. The van der Waals surface area contributed by atoms with Crippen LogP contribution in [-0.4, -0.2) is 5.11 Å². The van der Waals surface area contributed by atoms with Crippen LogP contribution in [0.15, 0.2) is 99.6 Å². The minimum atomic E-state index is -0.596. The predicted octanol–water partition coefficient (Wildman–Crippen LogP) is 7.18. The quantitative estimate of drug-likeness (QED) is 0.307. The highest BCUT2D eigenvalue weighted by molar-refractivity contribution is 8.17. The maximum absolute atomic E-state index is 9.52. The van der Waals surface area contributed by atoms with E-state index in [4.69, 9.17) is 4.74 Å². The van der Waals surface area contributed by atoms with Gasteiger partial charge in [0.05, 0.1) is 0 Å². The van der Waals surface area contributed by atoms with Gasteiger partial charge in [0.1, 0.15) is 17.2 Å². The lowest BCUT2D eigenvalue weighted by Gasteiger charge is -2.32. The molecular weight excluding hydrogens is 388 g/mol. The van der Waals surface area contributed by atoms with E-state index in [2.05, 4.69) is 74.5 Å². The van der Waals surface area contributed by atoms with E-state index in [0.29, 0.717) is 0 Å². The van der Waals surface area contributed by atoms with E-state index in [1.54, 1.807) is 24.3 Å². The smallest absolute Gasteiger partial charge is 0.133 e. The molecule has 4 aromatic rings. The molecule has 0 aromatic heterocycles. The molecule has 5 rings (SSSR count). The van der Waals surface area contributed by atoms with E-state index in [1.165, 1.54) is 25.8 Å². The first-order valence-corrected chi connectivity index (χ1v) is 11.5. The third-order valence-corrected chi connectivity index (χ3v) is 8.22. The summed E-state index contributed by atoms with van der Waals surface area (Å²) >= 11 is 0. The molecule has 1 aliphatic rings. The lowest BCUT2D eigenvalue weighted by atomic mass is 10.0. The molecule has 0 unspecified atom stereocenters. The Hall–Kier alpha value is -3.17. The normalized spacial score (nSPS) is 13.5. The van der Waals surface area contributed by atoms with Gasteiger partial charge in [0.25, 0.3) is 0 Å². The van der Waals surface area contributed by atoms with Crippen LogP contribution in [0.5, 0.6) is 17.2 Å². The molecule has 0 bridgehead atoms. The van der Waals surface area contributed by atoms with Crippen LogP contribution >= 0.6 is 10.9 Å². The number of thiol groups is 1. The van der Waals surface area contributed by atoms with Crippen molar-refractivity contribution in [3.63, 3.8) is 0 Å². The van der Waals surface area contributed by atoms with Crippen molar-refractivity contribution in [1.82, 2.24) is 0 Å². The van der Waals surface area contributed by atoms with Crippen molar-refractivity contribution in [1.29, 1.82) is 0 Å². The maximum atomic E-state index is 9.52. The van der Waals surface area contributed by atoms with Crippen molar-refractivity contribution in [2.45, 2.75) is 35.0 Å². The molecule has 0 spiro atoms. The summed E-state index contributed by atoms with van der Waals surface area (Å²) in [6, 6.07) is 29.2. The number of hydrogen-bond donors (Lipinski definition) is 2. The average molecular weight is 413 g/mol. The Morgan fingerprint density at radius 2 is 1.27 bits per heavy atom. The van der Waals surface area contributed by atoms with Gasteiger partial charge < -0.3 is 9.84 Å². The molecule has 30 heavy (non-hydrogen) atoms. The standard InChI is InChI=1S/C27H24O2S/c1-18-15-24(16-19(2)27(18)29-23-13-11-22(28)12-14-23)30-25-9-5-3-7-20(25)17-21-8-4-6-10-26(21)30/h3-16,28,30H,17H2,1-2H3. The summed E-state index contributed by atoms with van der Waals surface area (Å²) in [6.07, 6.45) is 1.01. The Kier molecular flexibility index (Phi) is 4.76. The average Bonchev–Trinajstić information content (AvgIpc) is 2.75. The Bertz CT molecular complexity index is 1160. The summed E-state index contributed by atoms with van der Waals surface area (Å²) in [5.74, 6) is 1.85. The lowest BCUT2D eigenvalue weighted by Crippen LogP contribution is -2.05. The molecule has 0 saturated heterocycles. The number of hydrogen-bond acceptors (Lipinski definition) is 2. The van der Waals surface area contributed by atoms with E-state index in [1.807, 2.05) is 0 Å². The Balaban J connectivity index is 1.59. The molecule has 1 aliphatic heterocycles. The van der Waals surface area contributed by atoms with Crippen LogP contribution in [0.3, 0.4) is 0 Å². The lowest BCUT2D eigenvalue weighted by molar-refractivity contribution is 0.461. The van der Waals surface area contributed by atoms with Gasteiger partial charge >= 0.3 is 0 Å². The van der Waals surface area contributed by atoms with E-state index >= 15 is 0 Å². The summed E-state index contributed by atoms with van der Waals surface area (Å²) in [7, 11) is -0.596. The topological polar surface area (TPSA) is 29.5 Å². The van der Waals surface area contributed by atoms with Crippen molar-refractivity contribution < 1.29 is 9.84 Å². The van der Waals surface area contributed by atoms with Gasteiger partial charge in [0.15, 0.2) is 0 Å². The second-order valence-electron chi connectivity index (χ2n) is 7.77. The molecule has 0 saturated carbocycles. The number of aromatic hydroxyl groups is 1. The molecule has 2 nitrogen and oxygen atoms in total. The number of phenolic OH excluding ortho intramolecular Hbond substituents is 1. The SMILES string of the molecule is Cc1cc([SH]2c3ccccc3Cc3ccccc32)cc(C)c1Oc1ccc(O)cc1. The molecule has 150 valence electrons. The summed E-state index contributed by atoms with van der Waals surface area (Å²) < 4.78 is 6.17. The number of aryl methyl sites for hydroxylation is 2. The second kappa shape index (κ2) is 7.58. The highest BCUT2D eigenvalue weighted by Gasteiger charge is 2.24. The molecule has 0 atom stereocenters. The highest BCUT2D eigenvalue weighted by atomic mass is 32.2. The highest BCUT2D eigenvalue weighted by Crippen LogP contribution is 2.57. The monoisotopic (exact) mass is 412 g/mol. The number of rotatable bonds is 3. The van der Waals surface area contributed by atoms with Crippen molar-refractivity contribution in [2.75, 3.05) is 0 Å². The zero-order valence-electron chi connectivity index (χ0n) is 17.1. The summed E-state index contributed by atoms with van der Waals surface area (Å²) in [5.41, 5.74) is 5.12. The van der Waals surface area contributed by atoms with Crippen LogP contribution in [-0.2, 0) is 6.42 Å². The van der Waals surface area contributed by atoms with Crippen LogP contribution in [0, 0.1) is 13.8 Å². The van der Waals surface area contributed by atoms with Gasteiger partial charge in [-0.3, -0.25) is 0 Å². The van der Waals surface area contributed by atoms with Gasteiger partial charge in [-0.05, 0) is 106 Å². The fourth-order valence-electron chi connectivity index (χ4n) is 4.22. The third-order valence-electron chi connectivity index (χ3n) is 5.61. The summed E-state index contributed by atoms with van der Waals surface area (Å²) in [5, 5.41) is 9.52. The fraction of sp³-hybridized carbons (Fsp3) is 0.111. The van der Waals surface area contributed by atoms with Gasteiger partial charge in [-0.2, -0.15) is 10.9 Å². The second-order valence-corrected chi connectivity index (χ2v) is 9.93. The van der Waals surface area contributed by atoms with E-state index in [0.717, 1.165) is 29.0 Å². The van der Waals surface area contributed by atoms with Crippen LogP contribution in [0.25, 0.3) is 0 Å². The van der Waals surface area contributed by atoms with E-state index < -0.39 is 10.9 Å². The van der Waals surface area contributed by atoms with E-state index in [9.17, 15) is 5.11 Å². The molecule has 1 N–H and O–H groups in total. The van der Waals surface area contributed by atoms with Crippen molar-refractivity contribution >= 4 is 10.9 Å². The molecular formula is C27H24O2S. The molecule has 0 radical (unpaired) electrons. The maximum Gasteiger partial charge on any atom is 0.133 e. The Morgan fingerprint density at radius 3 is 1.83 bits per heavy atom. The van der Waals surface area contributed by atoms with Gasteiger partial charge in [-0.1, -0.05) is 36.4 Å². The fourth-order valence-corrected chi connectivity index (χ4v) is 7.03. The first-order chi connectivity index (χ1) is 14.6. The summed E-state index contributed by atoms with van der Waals surface area (Å²) in [6.45, 7) is 4.23. The van der Waals surface area contributed by atoms with Gasteiger partial charge in [0, 0.05) is 0 Å². The molecule has 4 aromatic carbocycles. The largest absolute Gasteiger partial charge is 0.508 e. The molecule has 3 heteroatoms. The first-order valence-electron chi connectivity index (χ1n) is 10.1. The number of ether oxygens (including phenoxy) is 1. The predicted molar refractivity (Wildman–Crippen MR) is 124 cm³/mol. The van der Waals surface area contributed by atoms with Crippen LogP contribution < -0.4 is 4.74 Å². The zero-order chi connectivity index (χ0) is 20.7.